The van der Waals surface area contributed by atoms with Gasteiger partial charge in [-0.1, -0.05) is 0 Å². The molecule has 0 atom stereocenters. The highest BCUT2D eigenvalue weighted by atomic mass is 14.9. The number of nitriles is 6. The standard InChI is InChI=1S/C20H6N12/c1-10-20-12(30-17(7-25)18(8-26)32-20)2-11-19(31-16(6-24)15(5-23)29-11)9-27-13(3-21)14(4-22)28-10/h9H,2H2,1H3/b14-13-,27-9?,28-10?. The molecule has 0 aliphatic carbocycles. The zero-order valence-corrected chi connectivity index (χ0v) is 16.2. The molecule has 146 valence electrons. The van der Waals surface area contributed by atoms with Crippen molar-refractivity contribution in [1.82, 2.24) is 19.9 Å². The van der Waals surface area contributed by atoms with Crippen LogP contribution in [0.1, 0.15) is 52.5 Å². The molecule has 0 fully saturated rings. The Hall–Kier alpha value is -5.82. The molecule has 0 bridgehead atoms. The lowest BCUT2D eigenvalue weighted by atomic mass is 10.1. The van der Waals surface area contributed by atoms with E-state index in [9.17, 15) is 31.6 Å². The van der Waals surface area contributed by atoms with Crippen molar-refractivity contribution in [2.24, 2.45) is 9.98 Å². The molecular weight excluding hydrogens is 408 g/mol. The van der Waals surface area contributed by atoms with E-state index in [1.54, 1.807) is 36.4 Å². The second kappa shape index (κ2) is 8.68. The summed E-state index contributed by atoms with van der Waals surface area (Å²) in [5, 5.41) is 56.1. The van der Waals surface area contributed by atoms with Crippen molar-refractivity contribution in [1.29, 1.82) is 31.6 Å². The van der Waals surface area contributed by atoms with Crippen LogP contribution in [-0.2, 0) is 6.42 Å². The molecule has 1 aliphatic rings. The quantitative estimate of drug-likeness (QED) is 0.591. The van der Waals surface area contributed by atoms with Crippen molar-refractivity contribution in [3.8, 4) is 36.4 Å². The molecule has 0 N–H and O–H groups in total. The maximum absolute atomic E-state index is 9.46. The molecule has 0 radical (unpaired) electrons. The number of fused-ring (bicyclic) bond motifs is 2. The van der Waals surface area contributed by atoms with Crippen LogP contribution >= 0.6 is 0 Å². The third-order valence-corrected chi connectivity index (χ3v) is 4.10. The summed E-state index contributed by atoms with van der Waals surface area (Å²) < 4.78 is 0. The first kappa shape index (κ1) is 20.9. The molecule has 0 unspecified atom stereocenters. The molecule has 3 rings (SSSR count). The van der Waals surface area contributed by atoms with E-state index >= 15 is 0 Å². The fraction of sp³-hybridized carbons (Fsp3) is 0.100. The van der Waals surface area contributed by atoms with Crippen LogP contribution in [0.3, 0.4) is 0 Å². The predicted molar refractivity (Wildman–Crippen MR) is 104 cm³/mol. The number of aliphatic imine (C=N–C) groups is 2. The van der Waals surface area contributed by atoms with E-state index in [4.69, 9.17) is 0 Å². The second-order valence-corrected chi connectivity index (χ2v) is 5.97. The second-order valence-electron chi connectivity index (χ2n) is 5.97. The summed E-state index contributed by atoms with van der Waals surface area (Å²) in [5.74, 6) is 0. The Balaban J connectivity index is 2.47. The third-order valence-electron chi connectivity index (χ3n) is 4.10. The Labute approximate surface area is 180 Å². The molecular formula is C20H6N12. The number of hydrogen-bond donors (Lipinski definition) is 0. The Morgan fingerprint density at radius 1 is 0.656 bits per heavy atom. The first-order valence-electron chi connectivity index (χ1n) is 8.56. The van der Waals surface area contributed by atoms with Crippen LogP contribution in [0.2, 0.25) is 0 Å². The van der Waals surface area contributed by atoms with Crippen molar-refractivity contribution >= 4 is 11.9 Å². The molecule has 1 aliphatic heterocycles. The average molecular weight is 414 g/mol. The molecule has 12 heteroatoms. The van der Waals surface area contributed by atoms with Crippen LogP contribution in [0.5, 0.6) is 0 Å². The van der Waals surface area contributed by atoms with Gasteiger partial charge in [0.05, 0.1) is 23.3 Å². The minimum atomic E-state index is -0.340. The molecule has 3 heterocycles. The van der Waals surface area contributed by atoms with Crippen molar-refractivity contribution < 1.29 is 0 Å². The first-order chi connectivity index (χ1) is 15.5. The maximum atomic E-state index is 9.46. The number of allylic oxidation sites excluding steroid dienone is 2. The first-order valence-corrected chi connectivity index (χ1v) is 8.56. The van der Waals surface area contributed by atoms with E-state index in [-0.39, 0.29) is 69.1 Å². The van der Waals surface area contributed by atoms with Crippen LogP contribution in [0.25, 0.3) is 0 Å². The van der Waals surface area contributed by atoms with Gasteiger partial charge in [0, 0.05) is 6.42 Å². The van der Waals surface area contributed by atoms with Crippen LogP contribution in [0.15, 0.2) is 21.4 Å². The van der Waals surface area contributed by atoms with E-state index in [1.165, 1.54) is 6.92 Å². The van der Waals surface area contributed by atoms with Gasteiger partial charge in [0.15, 0.2) is 34.2 Å². The van der Waals surface area contributed by atoms with E-state index in [0.717, 1.165) is 6.21 Å². The Morgan fingerprint density at radius 3 is 1.75 bits per heavy atom. The lowest BCUT2D eigenvalue weighted by Crippen LogP contribution is -2.14. The molecule has 0 saturated heterocycles. The van der Waals surface area contributed by atoms with Gasteiger partial charge >= 0.3 is 0 Å². The monoisotopic (exact) mass is 414 g/mol. The molecule has 32 heavy (non-hydrogen) atoms. The van der Waals surface area contributed by atoms with Crippen LogP contribution in [-0.4, -0.2) is 31.9 Å². The highest BCUT2D eigenvalue weighted by Crippen LogP contribution is 2.19. The fourth-order valence-electron chi connectivity index (χ4n) is 2.69. The largest absolute Gasteiger partial charge is 0.240 e. The highest BCUT2D eigenvalue weighted by molar-refractivity contribution is 5.99. The minimum absolute atomic E-state index is 0.0424. The van der Waals surface area contributed by atoms with Crippen LogP contribution < -0.4 is 0 Å². The van der Waals surface area contributed by atoms with E-state index in [0.29, 0.717) is 0 Å². The lowest BCUT2D eigenvalue weighted by molar-refractivity contribution is 0.930. The van der Waals surface area contributed by atoms with Gasteiger partial charge in [-0.25, -0.2) is 29.9 Å². The summed E-state index contributed by atoms with van der Waals surface area (Å²) >= 11 is 0. The van der Waals surface area contributed by atoms with Gasteiger partial charge in [-0.2, -0.15) is 31.6 Å². The number of hydrogen-bond acceptors (Lipinski definition) is 12. The van der Waals surface area contributed by atoms with E-state index in [1.807, 2.05) is 0 Å². The zero-order valence-electron chi connectivity index (χ0n) is 16.2. The summed E-state index contributed by atoms with van der Waals surface area (Å²) in [6.45, 7) is 1.49. The SMILES string of the molecule is CC1=N/C(C#N)=C(/C#N)N=Cc2nc(C#N)c(C#N)nc2Cc2nc(C#N)c(C#N)nc21. The van der Waals surface area contributed by atoms with Gasteiger partial charge in [0.1, 0.15) is 47.8 Å². The summed E-state index contributed by atoms with van der Waals surface area (Å²) in [6.07, 6.45) is 1.01. The van der Waals surface area contributed by atoms with Gasteiger partial charge in [-0.15, -0.1) is 0 Å². The van der Waals surface area contributed by atoms with Gasteiger partial charge in [0.25, 0.3) is 0 Å². The summed E-state index contributed by atoms with van der Waals surface area (Å²) in [5.41, 5.74) is -1.07. The van der Waals surface area contributed by atoms with Crippen molar-refractivity contribution in [3.05, 3.63) is 56.9 Å². The van der Waals surface area contributed by atoms with Crippen molar-refractivity contribution in [2.75, 3.05) is 0 Å². The molecule has 12 nitrogen and oxygen atoms in total. The van der Waals surface area contributed by atoms with Crippen molar-refractivity contribution in [2.45, 2.75) is 13.3 Å². The molecule has 2 aromatic rings. The Bertz CT molecular complexity index is 1520. The lowest BCUT2D eigenvalue weighted by Gasteiger charge is -2.10. The van der Waals surface area contributed by atoms with Gasteiger partial charge in [-0.05, 0) is 6.92 Å². The predicted octanol–water partition coefficient (Wildman–Crippen LogP) is 0.844. The highest BCUT2D eigenvalue weighted by Gasteiger charge is 2.21. The Kier molecular flexibility index (Phi) is 5.67. The molecule has 0 saturated carbocycles. The fourth-order valence-corrected chi connectivity index (χ4v) is 2.69. The summed E-state index contributed by atoms with van der Waals surface area (Å²) in [4.78, 5) is 24.7. The normalized spacial score (nSPS) is 14.4. The van der Waals surface area contributed by atoms with Gasteiger partial charge in [0.2, 0.25) is 0 Å². The van der Waals surface area contributed by atoms with Crippen LogP contribution in [0, 0.1) is 68.0 Å². The maximum Gasteiger partial charge on any atom is 0.177 e. The van der Waals surface area contributed by atoms with Crippen molar-refractivity contribution in [3.63, 3.8) is 0 Å². The molecule has 0 amide bonds. The van der Waals surface area contributed by atoms with Gasteiger partial charge in [-0.3, -0.25) is 0 Å². The average Bonchev–Trinajstić information content (AvgIpc) is 2.84. The van der Waals surface area contributed by atoms with E-state index < -0.39 is 0 Å². The molecule has 2 aromatic heterocycles. The third kappa shape index (κ3) is 3.71. The minimum Gasteiger partial charge on any atom is -0.240 e. The number of rotatable bonds is 0. The zero-order chi connectivity index (χ0) is 23.3. The number of aromatic nitrogens is 4. The topological polar surface area (TPSA) is 219 Å². The molecule has 0 spiro atoms. The summed E-state index contributed by atoms with van der Waals surface area (Å²) in [7, 11) is 0. The van der Waals surface area contributed by atoms with Gasteiger partial charge < -0.3 is 0 Å². The number of nitrogens with zero attached hydrogens (tertiary/aromatic N) is 12. The molecule has 0 aromatic carbocycles. The van der Waals surface area contributed by atoms with E-state index in [2.05, 4.69) is 29.9 Å². The smallest absolute Gasteiger partial charge is 0.177 e. The Morgan fingerprint density at radius 2 is 1.19 bits per heavy atom. The summed E-state index contributed by atoms with van der Waals surface area (Å²) in [6, 6.07) is 10.7. The van der Waals surface area contributed by atoms with Crippen LogP contribution in [0.4, 0.5) is 0 Å².